The van der Waals surface area contributed by atoms with Crippen LogP contribution in [0.15, 0.2) is 24.3 Å². The molecule has 5 heteroatoms. The van der Waals surface area contributed by atoms with Gasteiger partial charge in [-0.25, -0.2) is 0 Å². The fourth-order valence-electron chi connectivity index (χ4n) is 2.86. The Hall–Kier alpha value is -1.88. The van der Waals surface area contributed by atoms with E-state index >= 15 is 0 Å². The van der Waals surface area contributed by atoms with Gasteiger partial charge in [-0.05, 0) is 43.2 Å². The first-order valence-corrected chi connectivity index (χ1v) is 9.21. The minimum Gasteiger partial charge on any atom is -0.391 e. The van der Waals surface area contributed by atoms with Crippen molar-refractivity contribution in [1.82, 2.24) is 10.6 Å². The van der Waals surface area contributed by atoms with Crippen LogP contribution in [0.3, 0.4) is 0 Å². The van der Waals surface area contributed by atoms with Gasteiger partial charge in [0.05, 0.1) is 12.1 Å². The highest BCUT2D eigenvalue weighted by molar-refractivity contribution is 5.90. The van der Waals surface area contributed by atoms with E-state index in [1.54, 1.807) is 0 Å². The van der Waals surface area contributed by atoms with Gasteiger partial charge in [-0.2, -0.15) is 0 Å². The normalized spacial score (nSPS) is 17.7. The highest BCUT2D eigenvalue weighted by atomic mass is 16.3. The Balaban J connectivity index is 2.09. The van der Waals surface area contributed by atoms with E-state index in [1.807, 2.05) is 26.0 Å². The molecule has 3 N–H and O–H groups in total. The Kier molecular flexibility index (Phi) is 6.59. The van der Waals surface area contributed by atoms with Crippen molar-refractivity contribution >= 4 is 11.8 Å². The van der Waals surface area contributed by atoms with Crippen LogP contribution in [0.1, 0.15) is 57.7 Å². The summed E-state index contributed by atoms with van der Waals surface area (Å²) < 4.78 is 0. The van der Waals surface area contributed by atoms with Gasteiger partial charge in [-0.1, -0.05) is 45.0 Å². The number of aliphatic hydroxyl groups excluding tert-OH is 1. The fourth-order valence-corrected chi connectivity index (χ4v) is 2.86. The van der Waals surface area contributed by atoms with Gasteiger partial charge >= 0.3 is 0 Å². The van der Waals surface area contributed by atoms with Gasteiger partial charge in [0.2, 0.25) is 11.8 Å². The molecule has 1 aromatic carbocycles. The van der Waals surface area contributed by atoms with Crippen molar-refractivity contribution in [2.24, 2.45) is 11.8 Å². The Morgan fingerprint density at radius 2 is 1.72 bits per heavy atom. The number of nitrogens with one attached hydrogen (secondary N) is 2. The molecule has 2 rings (SSSR count). The molecular weight excluding hydrogens is 316 g/mol. The summed E-state index contributed by atoms with van der Waals surface area (Å²) >= 11 is 0. The Morgan fingerprint density at radius 1 is 1.12 bits per heavy atom. The van der Waals surface area contributed by atoms with Crippen LogP contribution in [0.4, 0.5) is 0 Å². The van der Waals surface area contributed by atoms with Gasteiger partial charge < -0.3 is 15.7 Å². The maximum Gasteiger partial charge on any atom is 0.245 e. The summed E-state index contributed by atoms with van der Waals surface area (Å²) in [5.74, 6) is -0.307. The monoisotopic (exact) mass is 346 g/mol. The van der Waals surface area contributed by atoms with Crippen molar-refractivity contribution in [2.45, 2.75) is 65.1 Å². The molecule has 3 atom stereocenters. The van der Waals surface area contributed by atoms with Crippen LogP contribution in [0.5, 0.6) is 0 Å². The molecule has 0 aromatic heterocycles. The molecule has 3 unspecified atom stereocenters. The number of amides is 2. The van der Waals surface area contributed by atoms with Gasteiger partial charge in [-0.15, -0.1) is 0 Å². The minimum atomic E-state index is -0.946. The lowest BCUT2D eigenvalue weighted by atomic mass is 9.94. The van der Waals surface area contributed by atoms with E-state index in [0.717, 1.165) is 24.8 Å². The van der Waals surface area contributed by atoms with Crippen LogP contribution in [-0.2, 0) is 16.0 Å². The predicted molar refractivity (Wildman–Crippen MR) is 97.9 cm³/mol. The van der Waals surface area contributed by atoms with Gasteiger partial charge in [0.1, 0.15) is 6.04 Å². The molecule has 0 saturated heterocycles. The third-order valence-corrected chi connectivity index (χ3v) is 4.72. The lowest BCUT2D eigenvalue weighted by Gasteiger charge is -2.27. The second-order valence-electron chi connectivity index (χ2n) is 7.33. The number of benzene rings is 1. The van der Waals surface area contributed by atoms with Crippen LogP contribution in [0.25, 0.3) is 0 Å². The van der Waals surface area contributed by atoms with Gasteiger partial charge in [0.15, 0.2) is 0 Å². The largest absolute Gasteiger partial charge is 0.391 e. The molecular formula is C20H30N2O3. The van der Waals surface area contributed by atoms with Crippen LogP contribution < -0.4 is 10.6 Å². The molecule has 0 aliphatic heterocycles. The van der Waals surface area contributed by atoms with Gasteiger partial charge in [0, 0.05) is 5.92 Å². The molecule has 1 aliphatic carbocycles. The molecule has 0 radical (unpaired) electrons. The zero-order chi connectivity index (χ0) is 18.6. The van der Waals surface area contributed by atoms with Crippen molar-refractivity contribution < 1.29 is 14.7 Å². The first kappa shape index (κ1) is 19.4. The summed E-state index contributed by atoms with van der Waals surface area (Å²) in [6.45, 7) is 7.71. The first-order chi connectivity index (χ1) is 11.8. The second-order valence-corrected chi connectivity index (χ2v) is 7.33. The van der Waals surface area contributed by atoms with Crippen molar-refractivity contribution in [2.75, 3.05) is 0 Å². The molecule has 0 heterocycles. The average Bonchev–Trinajstić information content (AvgIpc) is 3.41. The number of aryl methyl sites for hydroxylation is 1. The number of carbonyl (C=O) groups excluding carboxylic acids is 2. The van der Waals surface area contributed by atoms with E-state index in [0.29, 0.717) is 0 Å². The Morgan fingerprint density at radius 3 is 2.16 bits per heavy atom. The maximum absolute atomic E-state index is 12.7. The predicted octanol–water partition coefficient (Wildman–Crippen LogP) is 2.34. The smallest absolute Gasteiger partial charge is 0.245 e. The van der Waals surface area contributed by atoms with Crippen LogP contribution in [-0.4, -0.2) is 29.1 Å². The summed E-state index contributed by atoms with van der Waals surface area (Å²) in [7, 11) is 0. The molecule has 1 saturated carbocycles. The second kappa shape index (κ2) is 8.48. The summed E-state index contributed by atoms with van der Waals surface area (Å²) in [5, 5.41) is 15.6. The van der Waals surface area contributed by atoms with Crippen molar-refractivity contribution in [3.63, 3.8) is 0 Å². The number of hydrogen-bond donors (Lipinski definition) is 3. The standard InChI is InChI=1S/C20H30N2O3/c1-5-14-6-8-15(9-7-14)17(12(2)3)21-20(25)18(13(4)23)22-19(24)16-10-11-16/h6-9,12-13,16-18,23H,5,10-11H2,1-4H3,(H,21,25)(H,22,24). The summed E-state index contributed by atoms with van der Waals surface area (Å²) in [5.41, 5.74) is 2.27. The van der Waals surface area contributed by atoms with Crippen molar-refractivity contribution in [3.8, 4) is 0 Å². The van der Waals surface area contributed by atoms with Crippen LogP contribution in [0.2, 0.25) is 0 Å². The average molecular weight is 346 g/mol. The van der Waals surface area contributed by atoms with E-state index in [-0.39, 0.29) is 29.7 Å². The number of rotatable bonds is 8. The zero-order valence-electron chi connectivity index (χ0n) is 15.6. The van der Waals surface area contributed by atoms with E-state index in [4.69, 9.17) is 0 Å². The number of carbonyl (C=O) groups is 2. The highest BCUT2D eigenvalue weighted by Gasteiger charge is 2.35. The van der Waals surface area contributed by atoms with Crippen molar-refractivity contribution in [1.29, 1.82) is 0 Å². The SMILES string of the molecule is CCc1ccc(C(NC(=O)C(NC(=O)C2CC2)C(C)O)C(C)C)cc1. The van der Waals surface area contributed by atoms with Crippen LogP contribution >= 0.6 is 0 Å². The van der Waals surface area contributed by atoms with E-state index in [2.05, 4.69) is 29.7 Å². The van der Waals surface area contributed by atoms with Crippen LogP contribution in [0, 0.1) is 11.8 Å². The van der Waals surface area contributed by atoms with E-state index in [9.17, 15) is 14.7 Å². The lowest BCUT2D eigenvalue weighted by molar-refractivity contribution is -0.132. The first-order valence-electron chi connectivity index (χ1n) is 9.21. The molecule has 25 heavy (non-hydrogen) atoms. The zero-order valence-corrected chi connectivity index (χ0v) is 15.6. The summed E-state index contributed by atoms with van der Waals surface area (Å²) in [6.07, 6.45) is 1.74. The molecule has 0 bridgehead atoms. The highest BCUT2D eigenvalue weighted by Crippen LogP contribution is 2.29. The third kappa shape index (κ3) is 5.30. The lowest BCUT2D eigenvalue weighted by Crippen LogP contribution is -2.53. The Bertz CT molecular complexity index is 591. The summed E-state index contributed by atoms with van der Waals surface area (Å²) in [6, 6.07) is 7.10. The molecule has 1 fully saturated rings. The molecule has 5 nitrogen and oxygen atoms in total. The minimum absolute atomic E-state index is 0.00321. The van der Waals surface area contributed by atoms with Gasteiger partial charge in [0.25, 0.3) is 0 Å². The number of aliphatic hydroxyl groups is 1. The topological polar surface area (TPSA) is 78.4 Å². The molecule has 2 amide bonds. The molecule has 138 valence electrons. The van der Waals surface area contributed by atoms with Crippen molar-refractivity contribution in [3.05, 3.63) is 35.4 Å². The van der Waals surface area contributed by atoms with Gasteiger partial charge in [-0.3, -0.25) is 9.59 Å². The van der Waals surface area contributed by atoms with E-state index < -0.39 is 12.1 Å². The fraction of sp³-hybridized carbons (Fsp3) is 0.600. The molecule has 0 spiro atoms. The molecule has 1 aliphatic rings. The summed E-state index contributed by atoms with van der Waals surface area (Å²) in [4.78, 5) is 24.7. The third-order valence-electron chi connectivity index (χ3n) is 4.72. The maximum atomic E-state index is 12.7. The quantitative estimate of drug-likeness (QED) is 0.676. The van der Waals surface area contributed by atoms with E-state index in [1.165, 1.54) is 12.5 Å². The molecule has 1 aromatic rings. The number of hydrogen-bond acceptors (Lipinski definition) is 3. The Labute approximate surface area is 150 Å².